The molecule has 0 unspecified atom stereocenters. The first kappa shape index (κ1) is 9.98. The highest BCUT2D eigenvalue weighted by Crippen LogP contribution is 2.01. The van der Waals surface area contributed by atoms with E-state index in [1.807, 2.05) is 0 Å². The molecule has 6 heteroatoms. The van der Waals surface area contributed by atoms with E-state index in [-0.39, 0.29) is 18.0 Å². The molecule has 2 aromatic rings. The van der Waals surface area contributed by atoms with Crippen molar-refractivity contribution in [3.05, 3.63) is 34.5 Å². The molecule has 0 aliphatic heterocycles. The molecule has 0 atom stereocenters. The minimum atomic E-state index is -1.24. The molecule has 0 fully saturated rings. The van der Waals surface area contributed by atoms with Gasteiger partial charge in [0.05, 0.1) is 6.54 Å². The highest BCUT2D eigenvalue weighted by atomic mass is 16.4. The molecule has 0 spiro atoms. The Bertz CT molecular complexity index is 660. The van der Waals surface area contributed by atoms with Gasteiger partial charge in [0.2, 0.25) is 5.78 Å². The Labute approximate surface area is 89.8 Å². The fraction of sp³-hybridized carbons (Fsp3) is 0.100. The zero-order valence-corrected chi connectivity index (χ0v) is 8.12. The summed E-state index contributed by atoms with van der Waals surface area (Å²) < 4.78 is 2.76. The number of carbonyl (C=O) groups is 1. The minimum Gasteiger partial charge on any atom is -0.477 e. The monoisotopic (exact) mass is 217 g/mol. The summed E-state index contributed by atoms with van der Waals surface area (Å²) in [5.41, 5.74) is -0.736. The number of rotatable bonds is 2. The lowest BCUT2D eigenvalue weighted by Crippen LogP contribution is -2.17. The SMILES string of the molecule is C#CCn1ccn2c(=O)cc(C(=O)O)nc12. The Morgan fingerprint density at radius 1 is 1.56 bits per heavy atom. The molecule has 2 rings (SSSR count). The van der Waals surface area contributed by atoms with E-state index < -0.39 is 11.5 Å². The normalized spacial score (nSPS) is 10.2. The van der Waals surface area contributed by atoms with Crippen LogP contribution in [0.3, 0.4) is 0 Å². The van der Waals surface area contributed by atoms with Crippen molar-refractivity contribution in [2.75, 3.05) is 0 Å². The fourth-order valence-electron chi connectivity index (χ4n) is 1.37. The van der Waals surface area contributed by atoms with Gasteiger partial charge in [0, 0.05) is 18.5 Å². The standard InChI is InChI=1S/C10H7N3O3/c1-2-3-12-4-5-13-8(14)6-7(9(15)16)11-10(12)13/h1,4-6H,3H2,(H,15,16). The number of hydrogen-bond donors (Lipinski definition) is 1. The maximum Gasteiger partial charge on any atom is 0.354 e. The molecule has 2 aromatic heterocycles. The predicted octanol–water partition coefficient (Wildman–Crippen LogP) is -0.173. The van der Waals surface area contributed by atoms with Crippen LogP contribution in [0.4, 0.5) is 0 Å². The van der Waals surface area contributed by atoms with Crippen LogP contribution in [-0.2, 0) is 6.54 Å². The summed E-state index contributed by atoms with van der Waals surface area (Å²) in [5.74, 6) is 1.37. The molecule has 80 valence electrons. The molecule has 0 aliphatic carbocycles. The summed E-state index contributed by atoms with van der Waals surface area (Å²) in [6.07, 6.45) is 8.22. The van der Waals surface area contributed by atoms with Gasteiger partial charge >= 0.3 is 5.97 Å². The lowest BCUT2D eigenvalue weighted by Gasteiger charge is -1.99. The lowest BCUT2D eigenvalue weighted by molar-refractivity contribution is 0.0690. The third-order valence-electron chi connectivity index (χ3n) is 2.07. The molecule has 0 aliphatic rings. The summed E-state index contributed by atoms with van der Waals surface area (Å²) in [6, 6.07) is 0.968. The molecule has 0 aromatic carbocycles. The highest BCUT2D eigenvalue weighted by molar-refractivity contribution is 5.85. The number of carboxylic acids is 1. The molecule has 0 saturated heterocycles. The van der Waals surface area contributed by atoms with Gasteiger partial charge in [-0.1, -0.05) is 5.92 Å². The lowest BCUT2D eigenvalue weighted by atomic mass is 10.4. The van der Waals surface area contributed by atoms with Crippen LogP contribution >= 0.6 is 0 Å². The Kier molecular flexibility index (Phi) is 2.21. The van der Waals surface area contributed by atoms with Crippen molar-refractivity contribution >= 4 is 11.7 Å². The summed E-state index contributed by atoms with van der Waals surface area (Å²) >= 11 is 0. The van der Waals surface area contributed by atoms with Crippen LogP contribution < -0.4 is 5.56 Å². The fourth-order valence-corrected chi connectivity index (χ4v) is 1.37. The average molecular weight is 217 g/mol. The van der Waals surface area contributed by atoms with E-state index in [0.29, 0.717) is 0 Å². The third-order valence-corrected chi connectivity index (χ3v) is 2.07. The van der Waals surface area contributed by atoms with Gasteiger partial charge < -0.3 is 9.67 Å². The quantitative estimate of drug-likeness (QED) is 0.708. The number of terminal acetylenes is 1. The molecule has 0 radical (unpaired) electrons. The summed E-state index contributed by atoms with van der Waals surface area (Å²) in [7, 11) is 0. The molecule has 16 heavy (non-hydrogen) atoms. The second-order valence-corrected chi connectivity index (χ2v) is 3.08. The second kappa shape index (κ2) is 3.55. The van der Waals surface area contributed by atoms with Crippen LogP contribution in [0, 0.1) is 12.3 Å². The molecule has 0 amide bonds. The van der Waals surface area contributed by atoms with Gasteiger partial charge in [-0.05, 0) is 0 Å². The van der Waals surface area contributed by atoms with Gasteiger partial charge in [-0.3, -0.25) is 9.20 Å². The van der Waals surface area contributed by atoms with Gasteiger partial charge in [0.25, 0.3) is 5.56 Å². The average Bonchev–Trinajstić information content (AvgIpc) is 2.63. The van der Waals surface area contributed by atoms with Gasteiger partial charge in [0.15, 0.2) is 5.69 Å². The van der Waals surface area contributed by atoms with E-state index in [1.54, 1.807) is 6.20 Å². The van der Waals surface area contributed by atoms with Crippen molar-refractivity contribution in [3.63, 3.8) is 0 Å². The van der Waals surface area contributed by atoms with E-state index in [1.165, 1.54) is 15.2 Å². The first-order valence-electron chi connectivity index (χ1n) is 4.39. The first-order chi connectivity index (χ1) is 7.63. The Morgan fingerprint density at radius 2 is 2.31 bits per heavy atom. The summed E-state index contributed by atoms with van der Waals surface area (Å²) in [4.78, 5) is 26.1. The Hall–Kier alpha value is -2.55. The molecule has 0 saturated carbocycles. The largest absolute Gasteiger partial charge is 0.477 e. The van der Waals surface area contributed by atoms with Crippen molar-refractivity contribution in [1.82, 2.24) is 14.0 Å². The number of nitrogens with zero attached hydrogens (tertiary/aromatic N) is 3. The van der Waals surface area contributed by atoms with E-state index >= 15 is 0 Å². The van der Waals surface area contributed by atoms with Crippen molar-refractivity contribution in [3.8, 4) is 12.3 Å². The molecule has 0 bridgehead atoms. The predicted molar refractivity (Wildman–Crippen MR) is 55.2 cm³/mol. The van der Waals surface area contributed by atoms with Crippen LogP contribution in [0.15, 0.2) is 23.3 Å². The molecule has 1 N–H and O–H groups in total. The number of aromatic nitrogens is 3. The van der Waals surface area contributed by atoms with E-state index in [2.05, 4.69) is 10.9 Å². The number of imidazole rings is 1. The Morgan fingerprint density at radius 3 is 2.94 bits per heavy atom. The van der Waals surface area contributed by atoms with Crippen molar-refractivity contribution in [2.24, 2.45) is 0 Å². The number of aromatic carboxylic acids is 1. The minimum absolute atomic E-state index is 0.225. The van der Waals surface area contributed by atoms with Crippen molar-refractivity contribution in [1.29, 1.82) is 0 Å². The number of hydrogen-bond acceptors (Lipinski definition) is 3. The smallest absolute Gasteiger partial charge is 0.354 e. The number of fused-ring (bicyclic) bond motifs is 1. The van der Waals surface area contributed by atoms with Gasteiger partial charge in [-0.15, -0.1) is 6.42 Å². The Balaban J connectivity index is 2.77. The van der Waals surface area contributed by atoms with Crippen molar-refractivity contribution < 1.29 is 9.90 Å². The van der Waals surface area contributed by atoms with Gasteiger partial charge in [-0.25, -0.2) is 9.78 Å². The molecule has 2 heterocycles. The first-order valence-corrected chi connectivity index (χ1v) is 4.39. The zero-order valence-electron chi connectivity index (χ0n) is 8.12. The maximum atomic E-state index is 11.5. The third kappa shape index (κ3) is 1.44. The van der Waals surface area contributed by atoms with Crippen molar-refractivity contribution in [2.45, 2.75) is 6.54 Å². The molecular weight excluding hydrogens is 210 g/mol. The van der Waals surface area contributed by atoms with Crippen LogP contribution in [0.1, 0.15) is 10.5 Å². The van der Waals surface area contributed by atoms with E-state index in [4.69, 9.17) is 11.5 Å². The van der Waals surface area contributed by atoms with Crippen LogP contribution in [0.2, 0.25) is 0 Å². The summed E-state index contributed by atoms with van der Waals surface area (Å²) in [5, 5.41) is 8.77. The van der Waals surface area contributed by atoms with Gasteiger partial charge in [-0.2, -0.15) is 0 Å². The zero-order chi connectivity index (χ0) is 11.7. The highest BCUT2D eigenvalue weighted by Gasteiger charge is 2.10. The van der Waals surface area contributed by atoms with E-state index in [0.717, 1.165) is 6.07 Å². The molecular formula is C10H7N3O3. The topological polar surface area (TPSA) is 76.6 Å². The van der Waals surface area contributed by atoms with Crippen LogP contribution in [-0.4, -0.2) is 25.0 Å². The second-order valence-electron chi connectivity index (χ2n) is 3.08. The van der Waals surface area contributed by atoms with Gasteiger partial charge in [0.1, 0.15) is 0 Å². The van der Waals surface area contributed by atoms with Crippen LogP contribution in [0.5, 0.6) is 0 Å². The number of carboxylic acid groups (broad SMARTS) is 1. The molecule has 6 nitrogen and oxygen atoms in total. The van der Waals surface area contributed by atoms with Crippen LogP contribution in [0.25, 0.3) is 5.78 Å². The van der Waals surface area contributed by atoms with E-state index in [9.17, 15) is 9.59 Å². The summed E-state index contributed by atoms with van der Waals surface area (Å²) in [6.45, 7) is 0.228. The maximum absolute atomic E-state index is 11.5.